The maximum Gasteiger partial charge on any atom is 0.322 e. The van der Waals surface area contributed by atoms with Crippen LogP contribution in [0.2, 0.25) is 5.02 Å². The molecule has 0 atom stereocenters. The maximum absolute atomic E-state index is 14.2. The standard InChI is InChI=1S/C19H15ClF2N4O/c20-12-2-1-3-14(8-12)24-19(27)25-6-7-26-18(11-25)16(10-23-26)15-5-4-13(21)9-17(15)22/h1-5,8-10H,6-7,11H2,(H,24,27). The number of halogens is 3. The van der Waals surface area contributed by atoms with Crippen molar-refractivity contribution < 1.29 is 13.6 Å². The molecule has 2 aromatic carbocycles. The van der Waals surface area contributed by atoms with Crippen LogP contribution in [-0.2, 0) is 13.1 Å². The minimum absolute atomic E-state index is 0.259. The van der Waals surface area contributed by atoms with Gasteiger partial charge in [0, 0.05) is 34.4 Å². The molecule has 1 aliphatic heterocycles. The van der Waals surface area contributed by atoms with Crippen LogP contribution in [0.3, 0.4) is 0 Å². The molecule has 1 aliphatic rings. The Morgan fingerprint density at radius 2 is 1.96 bits per heavy atom. The highest BCUT2D eigenvalue weighted by Gasteiger charge is 2.25. The molecule has 4 rings (SSSR count). The summed E-state index contributed by atoms with van der Waals surface area (Å²) in [6.07, 6.45) is 1.55. The molecule has 0 radical (unpaired) electrons. The largest absolute Gasteiger partial charge is 0.322 e. The number of amides is 2. The second kappa shape index (κ2) is 7.00. The number of fused-ring (bicyclic) bond motifs is 1. The van der Waals surface area contributed by atoms with Crippen molar-refractivity contribution in [3.05, 3.63) is 71.0 Å². The molecule has 0 saturated heterocycles. The molecule has 0 saturated carbocycles. The molecule has 0 bridgehead atoms. The minimum atomic E-state index is -0.661. The first kappa shape index (κ1) is 17.5. The Kier molecular flexibility index (Phi) is 4.53. The van der Waals surface area contributed by atoms with Gasteiger partial charge in [0.1, 0.15) is 11.6 Å². The number of anilines is 1. The number of nitrogens with zero attached hydrogens (tertiary/aromatic N) is 3. The first-order chi connectivity index (χ1) is 13.0. The number of carbonyl (C=O) groups excluding carboxylic acids is 1. The first-order valence-corrected chi connectivity index (χ1v) is 8.70. The summed E-state index contributed by atoms with van der Waals surface area (Å²) in [5.74, 6) is -1.30. The van der Waals surface area contributed by atoms with Crippen LogP contribution in [0.4, 0.5) is 19.3 Å². The van der Waals surface area contributed by atoms with E-state index >= 15 is 0 Å². The lowest BCUT2D eigenvalue weighted by molar-refractivity contribution is 0.194. The topological polar surface area (TPSA) is 50.2 Å². The van der Waals surface area contributed by atoms with Crippen molar-refractivity contribution in [2.75, 3.05) is 11.9 Å². The molecule has 0 spiro atoms. The zero-order valence-electron chi connectivity index (χ0n) is 14.1. The molecule has 0 unspecified atom stereocenters. The summed E-state index contributed by atoms with van der Waals surface area (Å²) in [6.45, 7) is 1.21. The van der Waals surface area contributed by atoms with E-state index in [0.29, 0.717) is 35.1 Å². The van der Waals surface area contributed by atoms with Crippen LogP contribution < -0.4 is 5.32 Å². The molecule has 0 fully saturated rings. The molecule has 3 aromatic rings. The van der Waals surface area contributed by atoms with Gasteiger partial charge in [0.25, 0.3) is 0 Å². The van der Waals surface area contributed by atoms with Crippen molar-refractivity contribution in [3.8, 4) is 11.1 Å². The second-order valence-corrected chi connectivity index (χ2v) is 6.65. The van der Waals surface area contributed by atoms with Gasteiger partial charge in [-0.1, -0.05) is 17.7 Å². The molecule has 2 heterocycles. The molecular formula is C19H15ClF2N4O. The van der Waals surface area contributed by atoms with E-state index in [2.05, 4.69) is 10.4 Å². The van der Waals surface area contributed by atoms with Gasteiger partial charge in [-0.15, -0.1) is 0 Å². The molecule has 1 N–H and O–H groups in total. The summed E-state index contributed by atoms with van der Waals surface area (Å²) in [7, 11) is 0. The normalized spacial score (nSPS) is 13.4. The Balaban J connectivity index is 1.57. The molecular weight excluding hydrogens is 374 g/mol. The Labute approximate surface area is 159 Å². The van der Waals surface area contributed by atoms with Crippen molar-refractivity contribution in [2.24, 2.45) is 0 Å². The SMILES string of the molecule is O=C(Nc1cccc(Cl)c1)N1CCn2ncc(-c3ccc(F)cc3F)c2C1. The number of rotatable bonds is 2. The summed E-state index contributed by atoms with van der Waals surface area (Å²) < 4.78 is 29.1. The van der Waals surface area contributed by atoms with E-state index in [-0.39, 0.29) is 18.1 Å². The minimum Gasteiger partial charge on any atom is -0.317 e. The van der Waals surface area contributed by atoms with E-state index in [9.17, 15) is 13.6 Å². The Bertz CT molecular complexity index is 1020. The lowest BCUT2D eigenvalue weighted by atomic mass is 10.0. The Morgan fingerprint density at radius 1 is 1.11 bits per heavy atom. The third-order valence-electron chi connectivity index (χ3n) is 4.46. The number of nitrogens with one attached hydrogen (secondary N) is 1. The molecule has 8 heteroatoms. The monoisotopic (exact) mass is 388 g/mol. The van der Waals surface area contributed by atoms with Crippen LogP contribution in [0.5, 0.6) is 0 Å². The zero-order valence-corrected chi connectivity index (χ0v) is 14.9. The van der Waals surface area contributed by atoms with E-state index in [4.69, 9.17) is 11.6 Å². The van der Waals surface area contributed by atoms with Gasteiger partial charge in [-0.3, -0.25) is 4.68 Å². The average Bonchev–Trinajstić information content (AvgIpc) is 3.05. The summed E-state index contributed by atoms with van der Waals surface area (Å²) in [5, 5.41) is 7.60. The Morgan fingerprint density at radius 3 is 2.74 bits per heavy atom. The van der Waals surface area contributed by atoms with E-state index in [1.54, 1.807) is 40.0 Å². The van der Waals surface area contributed by atoms with E-state index in [0.717, 1.165) is 6.07 Å². The Hall–Kier alpha value is -2.93. The number of aromatic nitrogens is 2. The van der Waals surface area contributed by atoms with E-state index in [1.807, 2.05) is 0 Å². The average molecular weight is 389 g/mol. The summed E-state index contributed by atoms with van der Waals surface area (Å²) >= 11 is 5.94. The van der Waals surface area contributed by atoms with Crippen molar-refractivity contribution >= 4 is 23.3 Å². The number of benzene rings is 2. The lowest BCUT2D eigenvalue weighted by Crippen LogP contribution is -2.41. The molecule has 2 amide bonds. The van der Waals surface area contributed by atoms with Crippen molar-refractivity contribution in [1.29, 1.82) is 0 Å². The number of hydrogen-bond acceptors (Lipinski definition) is 2. The van der Waals surface area contributed by atoms with Gasteiger partial charge in [-0.05, 0) is 30.3 Å². The van der Waals surface area contributed by atoms with Gasteiger partial charge >= 0.3 is 6.03 Å². The molecule has 5 nitrogen and oxygen atoms in total. The van der Waals surface area contributed by atoms with Gasteiger partial charge in [-0.25, -0.2) is 13.6 Å². The van der Waals surface area contributed by atoms with Gasteiger partial charge in [0.15, 0.2) is 0 Å². The highest BCUT2D eigenvalue weighted by Crippen LogP contribution is 2.29. The summed E-state index contributed by atoms with van der Waals surface area (Å²) in [6, 6.07) is 10.0. The number of urea groups is 1. The molecule has 27 heavy (non-hydrogen) atoms. The quantitative estimate of drug-likeness (QED) is 0.701. The summed E-state index contributed by atoms with van der Waals surface area (Å²) in [4.78, 5) is 14.2. The third-order valence-corrected chi connectivity index (χ3v) is 4.69. The smallest absolute Gasteiger partial charge is 0.317 e. The van der Waals surface area contributed by atoms with Crippen LogP contribution in [0.1, 0.15) is 5.69 Å². The van der Waals surface area contributed by atoms with Gasteiger partial charge in [0.05, 0.1) is 25.0 Å². The van der Waals surface area contributed by atoms with Crippen molar-refractivity contribution in [2.45, 2.75) is 13.1 Å². The van der Waals surface area contributed by atoms with Crippen LogP contribution in [0.25, 0.3) is 11.1 Å². The van der Waals surface area contributed by atoms with E-state index in [1.165, 1.54) is 12.1 Å². The molecule has 0 aliphatic carbocycles. The number of hydrogen-bond donors (Lipinski definition) is 1. The predicted molar refractivity (Wildman–Crippen MR) is 98.5 cm³/mol. The van der Waals surface area contributed by atoms with Gasteiger partial charge in [0.2, 0.25) is 0 Å². The van der Waals surface area contributed by atoms with Crippen molar-refractivity contribution in [1.82, 2.24) is 14.7 Å². The fourth-order valence-corrected chi connectivity index (χ4v) is 3.31. The zero-order chi connectivity index (χ0) is 19.0. The molecule has 1 aromatic heterocycles. The first-order valence-electron chi connectivity index (χ1n) is 8.33. The summed E-state index contributed by atoms with van der Waals surface area (Å²) in [5.41, 5.74) is 2.10. The van der Waals surface area contributed by atoms with Crippen LogP contribution >= 0.6 is 11.6 Å². The fraction of sp³-hybridized carbons (Fsp3) is 0.158. The predicted octanol–water partition coefficient (Wildman–Crippen LogP) is 4.53. The van der Waals surface area contributed by atoms with Crippen LogP contribution in [-0.4, -0.2) is 27.3 Å². The van der Waals surface area contributed by atoms with Gasteiger partial charge < -0.3 is 10.2 Å². The lowest BCUT2D eigenvalue weighted by Gasteiger charge is -2.28. The van der Waals surface area contributed by atoms with E-state index < -0.39 is 11.6 Å². The maximum atomic E-state index is 14.2. The fourth-order valence-electron chi connectivity index (χ4n) is 3.12. The van der Waals surface area contributed by atoms with Crippen LogP contribution in [0.15, 0.2) is 48.7 Å². The number of carbonyl (C=O) groups is 1. The highest BCUT2D eigenvalue weighted by molar-refractivity contribution is 6.30. The third kappa shape index (κ3) is 3.50. The van der Waals surface area contributed by atoms with Gasteiger partial charge in [-0.2, -0.15) is 5.10 Å². The highest BCUT2D eigenvalue weighted by atomic mass is 35.5. The molecule has 138 valence electrons. The second-order valence-electron chi connectivity index (χ2n) is 6.21. The van der Waals surface area contributed by atoms with Crippen molar-refractivity contribution in [3.63, 3.8) is 0 Å². The van der Waals surface area contributed by atoms with Crippen LogP contribution in [0, 0.1) is 11.6 Å².